The first kappa shape index (κ1) is 14.0. The fourth-order valence-electron chi connectivity index (χ4n) is 1.18. The van der Waals surface area contributed by atoms with Gasteiger partial charge in [-0.3, -0.25) is 9.52 Å². The monoisotopic (exact) mass is 321 g/mol. The van der Waals surface area contributed by atoms with Crippen molar-refractivity contribution in [2.45, 2.75) is 12.8 Å². The summed E-state index contributed by atoms with van der Waals surface area (Å²) in [6.07, 6.45) is -0.0635. The van der Waals surface area contributed by atoms with Crippen molar-refractivity contribution >= 4 is 37.6 Å². The van der Waals surface area contributed by atoms with E-state index >= 15 is 0 Å². The number of benzene rings is 1. The van der Waals surface area contributed by atoms with Gasteiger partial charge in [-0.15, -0.1) is 0 Å². The molecule has 0 aromatic heterocycles. The van der Waals surface area contributed by atoms with Gasteiger partial charge in [-0.25, -0.2) is 8.42 Å². The van der Waals surface area contributed by atoms with Crippen molar-refractivity contribution in [2.24, 2.45) is 0 Å². The van der Waals surface area contributed by atoms with Crippen LogP contribution in [0.4, 0.5) is 5.69 Å². The molecule has 2 N–H and O–H groups in total. The Morgan fingerprint density at radius 3 is 2.59 bits per heavy atom. The molecule has 0 aliphatic rings. The Balaban J connectivity index is 2.61. The molecule has 0 aliphatic heterocycles. The lowest BCUT2D eigenvalue weighted by molar-refractivity contribution is -0.137. The molecule has 1 aromatic rings. The molecule has 0 saturated carbocycles. The molecule has 0 saturated heterocycles. The van der Waals surface area contributed by atoms with E-state index in [2.05, 4.69) is 20.7 Å². The van der Waals surface area contributed by atoms with Crippen molar-refractivity contribution in [1.29, 1.82) is 0 Å². The zero-order valence-corrected chi connectivity index (χ0v) is 11.3. The van der Waals surface area contributed by atoms with Crippen LogP contribution in [0.1, 0.15) is 12.8 Å². The van der Waals surface area contributed by atoms with E-state index in [1.807, 2.05) is 0 Å². The van der Waals surface area contributed by atoms with Crippen molar-refractivity contribution in [3.05, 3.63) is 28.7 Å². The Morgan fingerprint density at radius 2 is 2.00 bits per heavy atom. The molecule has 0 bridgehead atoms. The number of para-hydroxylation sites is 1. The molecule has 1 rings (SSSR count). The van der Waals surface area contributed by atoms with Gasteiger partial charge in [0.15, 0.2) is 0 Å². The van der Waals surface area contributed by atoms with Crippen molar-refractivity contribution in [3.8, 4) is 0 Å². The molecule has 7 heteroatoms. The van der Waals surface area contributed by atoms with Gasteiger partial charge >= 0.3 is 5.97 Å². The van der Waals surface area contributed by atoms with Crippen LogP contribution >= 0.6 is 15.9 Å². The lowest BCUT2D eigenvalue weighted by Crippen LogP contribution is -2.17. The Kier molecular flexibility index (Phi) is 4.95. The van der Waals surface area contributed by atoms with Crippen molar-refractivity contribution in [2.75, 3.05) is 10.5 Å². The quantitative estimate of drug-likeness (QED) is 0.840. The molecule has 0 spiro atoms. The fourth-order valence-corrected chi connectivity index (χ4v) is 2.83. The summed E-state index contributed by atoms with van der Waals surface area (Å²) >= 11 is 3.22. The zero-order chi connectivity index (χ0) is 12.9. The first-order valence-electron chi connectivity index (χ1n) is 4.87. The largest absolute Gasteiger partial charge is 0.481 e. The van der Waals surface area contributed by atoms with E-state index in [9.17, 15) is 13.2 Å². The van der Waals surface area contributed by atoms with Gasteiger partial charge in [0, 0.05) is 10.9 Å². The Labute approximate surface area is 108 Å². The first-order chi connectivity index (χ1) is 7.91. The smallest absolute Gasteiger partial charge is 0.303 e. The number of rotatable bonds is 6. The van der Waals surface area contributed by atoms with Crippen molar-refractivity contribution in [3.63, 3.8) is 0 Å². The van der Waals surface area contributed by atoms with Gasteiger partial charge in [0.2, 0.25) is 10.0 Å². The number of hydrogen-bond donors (Lipinski definition) is 2. The fraction of sp³-hybridized carbons (Fsp3) is 0.300. The van der Waals surface area contributed by atoms with Crippen LogP contribution < -0.4 is 4.72 Å². The predicted molar refractivity (Wildman–Crippen MR) is 68.4 cm³/mol. The van der Waals surface area contributed by atoms with E-state index < -0.39 is 16.0 Å². The van der Waals surface area contributed by atoms with E-state index in [-0.39, 0.29) is 18.6 Å². The minimum absolute atomic E-state index is 0.0924. The second-order valence-electron chi connectivity index (χ2n) is 3.40. The highest BCUT2D eigenvalue weighted by atomic mass is 79.9. The summed E-state index contributed by atoms with van der Waals surface area (Å²) in [5.74, 6) is -1.21. The number of nitrogens with one attached hydrogen (secondary N) is 1. The maximum Gasteiger partial charge on any atom is 0.303 e. The molecule has 0 radical (unpaired) electrons. The molecule has 0 heterocycles. The van der Waals surface area contributed by atoms with Crippen LogP contribution in [0.15, 0.2) is 28.7 Å². The van der Waals surface area contributed by atoms with Crippen LogP contribution in [0.5, 0.6) is 0 Å². The van der Waals surface area contributed by atoms with Gasteiger partial charge in [0.1, 0.15) is 0 Å². The predicted octanol–water partition coefficient (Wildman–Crippen LogP) is 2.06. The van der Waals surface area contributed by atoms with Crippen LogP contribution in [0.3, 0.4) is 0 Å². The molecular formula is C10H12BrNO4S. The van der Waals surface area contributed by atoms with Crippen LogP contribution in [0.25, 0.3) is 0 Å². The average molecular weight is 322 g/mol. The second kappa shape index (κ2) is 6.02. The maximum atomic E-state index is 11.6. The van der Waals surface area contributed by atoms with Gasteiger partial charge in [0.25, 0.3) is 0 Å². The molecule has 0 fully saturated rings. The van der Waals surface area contributed by atoms with Crippen LogP contribution in [0, 0.1) is 0 Å². The van der Waals surface area contributed by atoms with Crippen LogP contribution in [0.2, 0.25) is 0 Å². The molecule has 1 aromatic carbocycles. The number of halogens is 1. The summed E-state index contributed by atoms with van der Waals surface area (Å²) in [6.45, 7) is 0. The van der Waals surface area contributed by atoms with Gasteiger partial charge in [-0.2, -0.15) is 0 Å². The highest BCUT2D eigenvalue weighted by molar-refractivity contribution is 9.10. The summed E-state index contributed by atoms with van der Waals surface area (Å²) in [5, 5.41) is 8.42. The minimum atomic E-state index is -3.50. The standard InChI is InChI=1S/C10H12BrNO4S/c11-8-4-1-2-5-9(8)12-17(15,16)7-3-6-10(13)14/h1-2,4-5,12H,3,6-7H2,(H,13,14). The zero-order valence-electron chi connectivity index (χ0n) is 8.89. The maximum absolute atomic E-state index is 11.6. The topological polar surface area (TPSA) is 83.5 Å². The summed E-state index contributed by atoms with van der Waals surface area (Å²) < 4.78 is 26.3. The molecular weight excluding hydrogens is 310 g/mol. The summed E-state index contributed by atoms with van der Waals surface area (Å²) in [7, 11) is -3.50. The van der Waals surface area contributed by atoms with Gasteiger partial charge in [-0.1, -0.05) is 12.1 Å². The van der Waals surface area contributed by atoms with Crippen molar-refractivity contribution in [1.82, 2.24) is 0 Å². The molecule has 0 unspecified atom stereocenters. The SMILES string of the molecule is O=C(O)CCCS(=O)(=O)Nc1ccccc1Br. The normalized spacial score (nSPS) is 11.1. The van der Waals surface area contributed by atoms with E-state index in [1.54, 1.807) is 24.3 Å². The first-order valence-corrected chi connectivity index (χ1v) is 7.32. The lowest BCUT2D eigenvalue weighted by atomic mass is 10.3. The third-order valence-corrected chi connectivity index (χ3v) is 3.99. The number of hydrogen-bond acceptors (Lipinski definition) is 3. The summed E-state index contributed by atoms with van der Waals surface area (Å²) in [5.41, 5.74) is 0.447. The van der Waals surface area contributed by atoms with Gasteiger partial charge in [-0.05, 0) is 34.5 Å². The number of carboxylic acids is 1. The summed E-state index contributed by atoms with van der Waals surface area (Å²) in [6, 6.07) is 6.82. The van der Waals surface area contributed by atoms with Crippen molar-refractivity contribution < 1.29 is 18.3 Å². The highest BCUT2D eigenvalue weighted by Crippen LogP contribution is 2.22. The summed E-state index contributed by atoms with van der Waals surface area (Å²) in [4.78, 5) is 10.3. The Hall–Kier alpha value is -1.08. The molecule has 17 heavy (non-hydrogen) atoms. The second-order valence-corrected chi connectivity index (χ2v) is 6.09. The highest BCUT2D eigenvalue weighted by Gasteiger charge is 2.12. The van der Waals surface area contributed by atoms with E-state index in [4.69, 9.17) is 5.11 Å². The third kappa shape index (κ3) is 5.18. The number of carbonyl (C=O) groups is 1. The molecule has 0 aliphatic carbocycles. The number of anilines is 1. The minimum Gasteiger partial charge on any atom is -0.481 e. The Morgan fingerprint density at radius 1 is 1.35 bits per heavy atom. The van der Waals surface area contributed by atoms with Gasteiger partial charge < -0.3 is 5.11 Å². The van der Waals surface area contributed by atoms with Crippen LogP contribution in [-0.4, -0.2) is 25.2 Å². The number of sulfonamides is 1. The Bertz CT molecular complexity index is 501. The van der Waals surface area contributed by atoms with Gasteiger partial charge in [0.05, 0.1) is 11.4 Å². The molecule has 0 atom stereocenters. The third-order valence-electron chi connectivity index (χ3n) is 1.94. The van der Waals surface area contributed by atoms with E-state index in [1.165, 1.54) is 0 Å². The number of carboxylic acid groups (broad SMARTS) is 1. The molecule has 5 nitrogen and oxygen atoms in total. The van der Waals surface area contributed by atoms with E-state index in [0.29, 0.717) is 10.2 Å². The van der Waals surface area contributed by atoms with Crippen LogP contribution in [-0.2, 0) is 14.8 Å². The molecule has 94 valence electrons. The molecule has 0 amide bonds. The average Bonchev–Trinajstić information content (AvgIpc) is 2.20. The number of aliphatic carboxylic acids is 1. The lowest BCUT2D eigenvalue weighted by Gasteiger charge is -2.08. The van der Waals surface area contributed by atoms with E-state index in [0.717, 1.165) is 0 Å².